The van der Waals surface area contributed by atoms with Gasteiger partial charge >= 0.3 is 0 Å². The highest BCUT2D eigenvalue weighted by Gasteiger charge is 2.13. The van der Waals surface area contributed by atoms with Gasteiger partial charge in [-0.3, -0.25) is 20.2 Å². The number of anilines is 1. The molecule has 2 heterocycles. The van der Waals surface area contributed by atoms with Gasteiger partial charge in [0.2, 0.25) is 0 Å². The Morgan fingerprint density at radius 1 is 1.13 bits per heavy atom. The molecule has 0 spiro atoms. The number of nitrogens with one attached hydrogen (secondary N) is 1. The number of carbonyl (C=O) groups excluding carboxylic acids is 1. The minimum atomic E-state index is -0.455. The molecule has 0 bridgehead atoms. The summed E-state index contributed by atoms with van der Waals surface area (Å²) in [5.74, 6) is 0.240. The molecule has 1 amide bonds. The van der Waals surface area contributed by atoms with Crippen LogP contribution in [0.1, 0.15) is 21.1 Å². The smallest absolute Gasteiger partial charge is 0.270 e. The van der Waals surface area contributed by atoms with Crippen LogP contribution in [0, 0.1) is 17.0 Å². The second kappa shape index (κ2) is 9.02. The fraction of sp³-hybridized carbons (Fsp3) is 0.0952. The summed E-state index contributed by atoms with van der Waals surface area (Å²) in [6.45, 7) is 2.26. The quantitative estimate of drug-likeness (QED) is 0.301. The first-order valence-electron chi connectivity index (χ1n) is 9.13. The van der Waals surface area contributed by atoms with Crippen LogP contribution in [0.15, 0.2) is 59.3 Å². The van der Waals surface area contributed by atoms with Crippen molar-refractivity contribution in [3.8, 4) is 17.0 Å². The summed E-state index contributed by atoms with van der Waals surface area (Å²) in [5, 5.41) is 18.8. The lowest BCUT2D eigenvalue weighted by molar-refractivity contribution is -0.384. The van der Waals surface area contributed by atoms with Gasteiger partial charge in [-0.25, -0.2) is 9.97 Å². The van der Waals surface area contributed by atoms with Crippen LogP contribution in [-0.4, -0.2) is 20.8 Å². The largest absolute Gasteiger partial charge is 0.487 e. The molecule has 156 valence electrons. The SMILES string of the molecule is Cc1nc(COc2cccc(C(=O)Nc3nc(-c4cccc([N+](=O)[O-])c4)cs3)c2)cs1. The van der Waals surface area contributed by atoms with Crippen LogP contribution in [0.3, 0.4) is 0 Å². The Bertz CT molecular complexity index is 1250. The first kappa shape index (κ1) is 20.6. The highest BCUT2D eigenvalue weighted by molar-refractivity contribution is 7.14. The number of rotatable bonds is 7. The number of nitrogens with zero attached hydrogens (tertiary/aromatic N) is 3. The van der Waals surface area contributed by atoms with Crippen LogP contribution in [-0.2, 0) is 6.61 Å². The van der Waals surface area contributed by atoms with Crippen LogP contribution in [0.4, 0.5) is 10.8 Å². The molecule has 2 aromatic heterocycles. The van der Waals surface area contributed by atoms with Crippen molar-refractivity contribution in [3.63, 3.8) is 0 Å². The third kappa shape index (κ3) is 5.11. The Morgan fingerprint density at radius 2 is 1.97 bits per heavy atom. The van der Waals surface area contributed by atoms with E-state index in [4.69, 9.17) is 4.74 Å². The standard InChI is InChI=1S/C21H16N4O4S2/c1-13-22-16(11-30-13)10-29-18-7-3-5-15(9-18)20(26)24-21-23-19(12-31-21)14-4-2-6-17(8-14)25(27)28/h2-9,11-12H,10H2,1H3,(H,23,24,26). The van der Waals surface area contributed by atoms with Crippen LogP contribution in [0.25, 0.3) is 11.3 Å². The second-order valence-electron chi connectivity index (χ2n) is 6.47. The van der Waals surface area contributed by atoms with Crippen molar-refractivity contribution in [1.82, 2.24) is 9.97 Å². The zero-order valence-corrected chi connectivity index (χ0v) is 17.9. The van der Waals surface area contributed by atoms with Crippen LogP contribution in [0.2, 0.25) is 0 Å². The molecule has 0 atom stereocenters. The van der Waals surface area contributed by atoms with E-state index in [0.717, 1.165) is 10.7 Å². The number of hydrogen-bond donors (Lipinski definition) is 1. The fourth-order valence-electron chi connectivity index (χ4n) is 2.77. The molecule has 4 rings (SSSR count). The Labute approximate surface area is 185 Å². The average Bonchev–Trinajstić information content (AvgIpc) is 3.41. The number of nitro groups is 1. The Balaban J connectivity index is 1.43. The third-order valence-corrected chi connectivity index (χ3v) is 5.81. The molecule has 2 aromatic carbocycles. The monoisotopic (exact) mass is 452 g/mol. The summed E-state index contributed by atoms with van der Waals surface area (Å²) in [5.41, 5.74) is 2.42. The van der Waals surface area contributed by atoms with E-state index >= 15 is 0 Å². The van der Waals surface area contributed by atoms with E-state index in [1.54, 1.807) is 53.1 Å². The summed E-state index contributed by atoms with van der Waals surface area (Å²) < 4.78 is 5.73. The maximum Gasteiger partial charge on any atom is 0.270 e. The molecule has 0 aliphatic heterocycles. The topological polar surface area (TPSA) is 107 Å². The van der Waals surface area contributed by atoms with E-state index in [1.807, 2.05) is 12.3 Å². The molecule has 0 saturated heterocycles. The van der Waals surface area contributed by atoms with Gasteiger partial charge in [-0.1, -0.05) is 18.2 Å². The molecule has 0 aliphatic carbocycles. The van der Waals surface area contributed by atoms with Crippen LogP contribution < -0.4 is 10.1 Å². The van der Waals surface area contributed by atoms with Crippen molar-refractivity contribution in [2.75, 3.05) is 5.32 Å². The lowest BCUT2D eigenvalue weighted by atomic mass is 10.1. The molecule has 0 aliphatic rings. The lowest BCUT2D eigenvalue weighted by Gasteiger charge is -2.07. The molecule has 4 aromatic rings. The van der Waals surface area contributed by atoms with Gasteiger partial charge in [0.05, 0.1) is 21.3 Å². The fourth-order valence-corrected chi connectivity index (χ4v) is 4.08. The van der Waals surface area contributed by atoms with Gasteiger partial charge in [-0.15, -0.1) is 22.7 Å². The van der Waals surface area contributed by atoms with E-state index in [-0.39, 0.29) is 11.6 Å². The van der Waals surface area contributed by atoms with Gasteiger partial charge in [0.15, 0.2) is 5.13 Å². The van der Waals surface area contributed by atoms with E-state index in [0.29, 0.717) is 34.3 Å². The maximum absolute atomic E-state index is 12.6. The van der Waals surface area contributed by atoms with Gasteiger partial charge < -0.3 is 4.74 Å². The number of amides is 1. The summed E-state index contributed by atoms with van der Waals surface area (Å²) in [6, 6.07) is 13.1. The molecule has 0 unspecified atom stereocenters. The van der Waals surface area contributed by atoms with Crippen molar-refractivity contribution in [2.24, 2.45) is 0 Å². The summed E-state index contributed by atoms with van der Waals surface area (Å²) >= 11 is 2.80. The molecule has 31 heavy (non-hydrogen) atoms. The zero-order valence-electron chi connectivity index (χ0n) is 16.3. The highest BCUT2D eigenvalue weighted by Crippen LogP contribution is 2.28. The number of benzene rings is 2. The minimum Gasteiger partial charge on any atom is -0.487 e. The molecule has 0 fully saturated rings. The number of hydrogen-bond acceptors (Lipinski definition) is 8. The first-order valence-corrected chi connectivity index (χ1v) is 10.9. The summed E-state index contributed by atoms with van der Waals surface area (Å²) in [4.78, 5) is 31.9. The van der Waals surface area contributed by atoms with E-state index in [9.17, 15) is 14.9 Å². The maximum atomic E-state index is 12.6. The predicted octanol–water partition coefficient (Wildman–Crippen LogP) is 5.31. The molecule has 1 N–H and O–H groups in total. The van der Waals surface area contributed by atoms with Crippen molar-refractivity contribution in [3.05, 3.63) is 85.7 Å². The molecule has 8 nitrogen and oxygen atoms in total. The van der Waals surface area contributed by atoms with Crippen molar-refractivity contribution >= 4 is 39.4 Å². The van der Waals surface area contributed by atoms with Gasteiger partial charge in [-0.2, -0.15) is 0 Å². The minimum absolute atomic E-state index is 0.0132. The van der Waals surface area contributed by atoms with E-state index in [2.05, 4.69) is 15.3 Å². The second-order valence-corrected chi connectivity index (χ2v) is 8.39. The van der Waals surface area contributed by atoms with Crippen molar-refractivity contribution in [2.45, 2.75) is 13.5 Å². The van der Waals surface area contributed by atoms with E-state index in [1.165, 1.54) is 23.5 Å². The number of carbonyl (C=O) groups is 1. The van der Waals surface area contributed by atoms with Gasteiger partial charge in [0, 0.05) is 34.0 Å². The van der Waals surface area contributed by atoms with Gasteiger partial charge in [0.25, 0.3) is 11.6 Å². The van der Waals surface area contributed by atoms with Gasteiger partial charge in [-0.05, 0) is 25.1 Å². The summed E-state index contributed by atoms with van der Waals surface area (Å²) in [7, 11) is 0. The number of nitro benzene ring substituents is 1. The number of aryl methyl sites for hydroxylation is 1. The normalized spacial score (nSPS) is 10.6. The molecule has 0 saturated carbocycles. The van der Waals surface area contributed by atoms with Crippen molar-refractivity contribution in [1.29, 1.82) is 0 Å². The predicted molar refractivity (Wildman–Crippen MR) is 120 cm³/mol. The molecule has 10 heteroatoms. The first-order chi connectivity index (χ1) is 15.0. The highest BCUT2D eigenvalue weighted by atomic mass is 32.1. The van der Waals surface area contributed by atoms with Crippen LogP contribution in [0.5, 0.6) is 5.75 Å². The van der Waals surface area contributed by atoms with E-state index < -0.39 is 4.92 Å². The Morgan fingerprint density at radius 3 is 2.74 bits per heavy atom. The third-order valence-electron chi connectivity index (χ3n) is 4.23. The van der Waals surface area contributed by atoms with Gasteiger partial charge in [0.1, 0.15) is 12.4 Å². The summed E-state index contributed by atoms with van der Waals surface area (Å²) in [6.07, 6.45) is 0. The number of ether oxygens (including phenoxy) is 1. The number of aromatic nitrogens is 2. The molecule has 0 radical (unpaired) electrons. The molecular weight excluding hydrogens is 436 g/mol. The average molecular weight is 453 g/mol. The lowest BCUT2D eigenvalue weighted by Crippen LogP contribution is -2.11. The number of thiazole rings is 2. The zero-order chi connectivity index (χ0) is 21.8. The Hall–Kier alpha value is -3.63. The van der Waals surface area contributed by atoms with Crippen molar-refractivity contribution < 1.29 is 14.5 Å². The molecular formula is C21H16N4O4S2. The Kier molecular flexibility index (Phi) is 6.01. The van der Waals surface area contributed by atoms with Crippen LogP contribution >= 0.6 is 22.7 Å². The number of non-ortho nitro benzene ring substituents is 1.